The van der Waals surface area contributed by atoms with Gasteiger partial charge in [-0.05, 0) is 82.3 Å². The summed E-state index contributed by atoms with van der Waals surface area (Å²) in [6.45, 7) is 6.21. The van der Waals surface area contributed by atoms with Gasteiger partial charge < -0.3 is 20.3 Å². The van der Waals surface area contributed by atoms with Crippen molar-refractivity contribution in [3.63, 3.8) is 0 Å². The second-order valence-electron chi connectivity index (χ2n) is 10.7. The van der Waals surface area contributed by atoms with Crippen molar-refractivity contribution in [2.24, 2.45) is 0 Å². The number of piperidine rings is 1. The number of carbonyl (C=O) groups is 2. The van der Waals surface area contributed by atoms with Crippen LogP contribution in [0.5, 0.6) is 0 Å². The Morgan fingerprint density at radius 1 is 1.14 bits per heavy atom. The monoisotopic (exact) mass is 502 g/mol. The molecule has 1 saturated carbocycles. The lowest BCUT2D eigenvalue weighted by Gasteiger charge is -2.39. The Labute approximate surface area is 220 Å². The van der Waals surface area contributed by atoms with Gasteiger partial charge in [-0.15, -0.1) is 0 Å². The summed E-state index contributed by atoms with van der Waals surface area (Å²) in [7, 11) is 1.72. The van der Waals surface area contributed by atoms with Crippen LogP contribution in [0.4, 0.5) is 0 Å². The highest BCUT2D eigenvalue weighted by molar-refractivity contribution is 5.97. The minimum absolute atomic E-state index is 0.0379. The lowest BCUT2D eigenvalue weighted by Crippen LogP contribution is -2.53. The maximum atomic E-state index is 13.5. The van der Waals surface area contributed by atoms with E-state index < -0.39 is 6.04 Å². The topological polar surface area (TPSA) is 94.5 Å². The van der Waals surface area contributed by atoms with Gasteiger partial charge in [0.15, 0.2) is 0 Å². The van der Waals surface area contributed by atoms with Gasteiger partial charge in [-0.2, -0.15) is 5.26 Å². The van der Waals surface area contributed by atoms with E-state index in [-0.39, 0.29) is 17.4 Å². The largest absolute Gasteiger partial charge is 0.378 e. The Morgan fingerprint density at radius 2 is 1.81 bits per heavy atom. The van der Waals surface area contributed by atoms with Gasteiger partial charge in [0, 0.05) is 37.7 Å². The highest BCUT2D eigenvalue weighted by Crippen LogP contribution is 2.40. The predicted octanol–water partition coefficient (Wildman–Crippen LogP) is 3.92. The van der Waals surface area contributed by atoms with E-state index in [1.165, 1.54) is 11.1 Å². The zero-order valence-electron chi connectivity index (χ0n) is 22.1. The summed E-state index contributed by atoms with van der Waals surface area (Å²) in [4.78, 5) is 28.3. The second-order valence-corrected chi connectivity index (χ2v) is 10.7. The third kappa shape index (κ3) is 6.97. The summed E-state index contributed by atoms with van der Waals surface area (Å²) in [6.07, 6.45) is 4.02. The number of rotatable bonds is 10. The van der Waals surface area contributed by atoms with Gasteiger partial charge in [0.25, 0.3) is 5.91 Å². The average molecular weight is 503 g/mol. The van der Waals surface area contributed by atoms with E-state index in [1.807, 2.05) is 4.90 Å². The van der Waals surface area contributed by atoms with E-state index in [0.717, 1.165) is 32.2 Å². The van der Waals surface area contributed by atoms with Crippen LogP contribution in [-0.4, -0.2) is 61.1 Å². The minimum Gasteiger partial charge on any atom is -0.378 e. The van der Waals surface area contributed by atoms with Crippen LogP contribution in [0.1, 0.15) is 72.0 Å². The Kier molecular flexibility index (Phi) is 8.63. The number of ether oxygens (including phenoxy) is 1. The molecule has 0 unspecified atom stereocenters. The van der Waals surface area contributed by atoms with Crippen LogP contribution in [-0.2, 0) is 9.53 Å². The first kappa shape index (κ1) is 26.8. The average Bonchev–Trinajstić information content (AvgIpc) is 3.70. The Bertz CT molecular complexity index is 1120. The minimum atomic E-state index is -0.594. The van der Waals surface area contributed by atoms with Crippen LogP contribution in [0.15, 0.2) is 48.5 Å². The summed E-state index contributed by atoms with van der Waals surface area (Å²) in [6, 6.07) is 17.2. The maximum absolute atomic E-state index is 13.5. The molecule has 0 aromatic heterocycles. The standard InChI is InChI=1S/C30H38N4O3/c1-21-6-10-23(11-7-21)25-19-27(25)32-16-4-5-26(29(36)34-17-14-30(2,37-3)15-18-34)33-28(35)24-12-8-22(20-31)9-13-24/h6-13,25-27,32H,4-5,14-19H2,1-3H3,(H,33,35)/t25-,26-,27+/m0/s1. The number of carbonyl (C=O) groups excluding carboxylic acids is 2. The number of methoxy groups -OCH3 is 1. The van der Waals surface area contributed by atoms with E-state index in [2.05, 4.69) is 54.8 Å². The number of amides is 2. The van der Waals surface area contributed by atoms with Crippen LogP contribution < -0.4 is 10.6 Å². The predicted molar refractivity (Wildman–Crippen MR) is 143 cm³/mol. The Hall–Kier alpha value is -3.21. The second kappa shape index (κ2) is 11.9. The first-order valence-electron chi connectivity index (χ1n) is 13.3. The maximum Gasteiger partial charge on any atom is 0.251 e. The molecule has 0 bridgehead atoms. The molecule has 2 fully saturated rings. The van der Waals surface area contributed by atoms with Crippen molar-refractivity contribution in [2.45, 2.75) is 69.6 Å². The Balaban J connectivity index is 1.33. The van der Waals surface area contributed by atoms with Gasteiger partial charge >= 0.3 is 0 Å². The van der Waals surface area contributed by atoms with E-state index in [0.29, 0.717) is 42.6 Å². The molecule has 7 nitrogen and oxygen atoms in total. The fraction of sp³-hybridized carbons (Fsp3) is 0.500. The summed E-state index contributed by atoms with van der Waals surface area (Å²) >= 11 is 0. The SMILES string of the molecule is COC1(C)CCN(C(=O)[C@H](CCCN[C@@H]2C[C@H]2c2ccc(C)cc2)NC(=O)c2ccc(C#N)cc2)CC1. The molecule has 7 heteroatoms. The summed E-state index contributed by atoms with van der Waals surface area (Å²) < 4.78 is 5.62. The molecule has 2 N–H and O–H groups in total. The first-order valence-corrected chi connectivity index (χ1v) is 13.3. The van der Waals surface area contributed by atoms with Crippen LogP contribution in [0.3, 0.4) is 0 Å². The van der Waals surface area contributed by atoms with Crippen molar-refractivity contribution >= 4 is 11.8 Å². The van der Waals surface area contributed by atoms with Gasteiger partial charge in [-0.25, -0.2) is 0 Å². The number of aryl methyl sites for hydroxylation is 1. The first-order chi connectivity index (χ1) is 17.8. The van der Waals surface area contributed by atoms with Crippen molar-refractivity contribution in [1.29, 1.82) is 5.26 Å². The molecule has 2 aromatic rings. The van der Waals surface area contributed by atoms with Crippen LogP contribution in [0, 0.1) is 18.3 Å². The molecule has 3 atom stereocenters. The molecule has 1 aliphatic heterocycles. The van der Waals surface area contributed by atoms with Crippen LogP contribution in [0.25, 0.3) is 0 Å². The molecule has 37 heavy (non-hydrogen) atoms. The highest BCUT2D eigenvalue weighted by atomic mass is 16.5. The van der Waals surface area contributed by atoms with Gasteiger partial charge in [0.2, 0.25) is 5.91 Å². The van der Waals surface area contributed by atoms with Crippen molar-refractivity contribution < 1.29 is 14.3 Å². The quantitative estimate of drug-likeness (QED) is 0.480. The molecule has 1 saturated heterocycles. The van der Waals surface area contributed by atoms with E-state index in [9.17, 15) is 9.59 Å². The normalized spacial score (nSPS) is 21.1. The van der Waals surface area contributed by atoms with Crippen LogP contribution in [0.2, 0.25) is 0 Å². The molecule has 0 radical (unpaired) electrons. The van der Waals surface area contributed by atoms with Crippen molar-refractivity contribution in [2.75, 3.05) is 26.7 Å². The molecule has 1 heterocycles. The fourth-order valence-electron chi connectivity index (χ4n) is 5.02. The van der Waals surface area contributed by atoms with Gasteiger partial charge in [-0.1, -0.05) is 29.8 Å². The molecule has 2 aromatic carbocycles. The molecule has 1 aliphatic carbocycles. The zero-order chi connectivity index (χ0) is 26.4. The molecule has 196 valence electrons. The number of nitrogens with zero attached hydrogens (tertiary/aromatic N) is 2. The van der Waals surface area contributed by atoms with Gasteiger partial charge in [0.05, 0.1) is 17.2 Å². The summed E-state index contributed by atoms with van der Waals surface area (Å²) in [5.74, 6) is 0.220. The third-order valence-electron chi connectivity index (χ3n) is 7.88. The molecular weight excluding hydrogens is 464 g/mol. The zero-order valence-corrected chi connectivity index (χ0v) is 22.1. The van der Waals surface area contributed by atoms with Crippen molar-refractivity contribution in [1.82, 2.24) is 15.5 Å². The highest BCUT2D eigenvalue weighted by Gasteiger charge is 2.38. The number of likely N-dealkylation sites (tertiary alicyclic amines) is 1. The Morgan fingerprint density at radius 3 is 2.43 bits per heavy atom. The molecular formula is C30H38N4O3. The number of nitriles is 1. The third-order valence-corrected chi connectivity index (χ3v) is 7.88. The lowest BCUT2D eigenvalue weighted by atomic mass is 9.93. The van der Waals surface area contributed by atoms with E-state index in [1.54, 1.807) is 31.4 Å². The van der Waals surface area contributed by atoms with Crippen LogP contribution >= 0.6 is 0 Å². The fourth-order valence-corrected chi connectivity index (χ4v) is 5.02. The number of hydrogen-bond acceptors (Lipinski definition) is 5. The van der Waals surface area contributed by atoms with E-state index >= 15 is 0 Å². The smallest absolute Gasteiger partial charge is 0.251 e. The van der Waals surface area contributed by atoms with Gasteiger partial charge in [0.1, 0.15) is 6.04 Å². The molecule has 2 amide bonds. The molecule has 0 spiro atoms. The van der Waals surface area contributed by atoms with Crippen molar-refractivity contribution in [3.8, 4) is 6.07 Å². The number of benzene rings is 2. The number of hydrogen-bond donors (Lipinski definition) is 2. The van der Waals surface area contributed by atoms with E-state index in [4.69, 9.17) is 10.00 Å². The summed E-state index contributed by atoms with van der Waals surface area (Å²) in [5, 5.41) is 15.6. The number of nitrogens with one attached hydrogen (secondary N) is 2. The van der Waals surface area contributed by atoms with Crippen molar-refractivity contribution in [3.05, 3.63) is 70.8 Å². The molecule has 4 rings (SSSR count). The van der Waals surface area contributed by atoms with Gasteiger partial charge in [-0.3, -0.25) is 9.59 Å². The molecule has 2 aliphatic rings. The summed E-state index contributed by atoms with van der Waals surface area (Å²) in [5.41, 5.74) is 3.38. The lowest BCUT2D eigenvalue weighted by molar-refractivity contribution is -0.138.